The van der Waals surface area contributed by atoms with Crippen LogP contribution in [-0.4, -0.2) is 12.6 Å². The zero-order valence-electron chi connectivity index (χ0n) is 7.59. The molecule has 1 saturated carbocycles. The van der Waals surface area contributed by atoms with Gasteiger partial charge in [-0.15, -0.1) is 0 Å². The predicted molar refractivity (Wildman–Crippen MR) is 54.0 cm³/mol. The van der Waals surface area contributed by atoms with Crippen LogP contribution in [0.5, 0.6) is 0 Å². The number of hydrogen-bond acceptors (Lipinski definition) is 2. The SMILES string of the molecule is N[C@@H]1C[C@H]1c1ccc2c(c1)CCN2. The summed E-state index contributed by atoms with van der Waals surface area (Å²) in [5.74, 6) is 0.644. The minimum absolute atomic E-state index is 0.424. The van der Waals surface area contributed by atoms with Gasteiger partial charge in [0.2, 0.25) is 0 Å². The Kier molecular flexibility index (Phi) is 1.41. The average Bonchev–Trinajstić information content (AvgIpc) is 2.70. The van der Waals surface area contributed by atoms with Crippen LogP contribution in [0.15, 0.2) is 18.2 Å². The van der Waals surface area contributed by atoms with Crippen LogP contribution in [0, 0.1) is 0 Å². The van der Waals surface area contributed by atoms with Gasteiger partial charge in [-0.3, -0.25) is 0 Å². The maximum atomic E-state index is 5.83. The smallest absolute Gasteiger partial charge is 0.0373 e. The Morgan fingerprint density at radius 2 is 2.23 bits per heavy atom. The van der Waals surface area contributed by atoms with Crippen LogP contribution in [-0.2, 0) is 6.42 Å². The molecule has 0 aromatic heterocycles. The predicted octanol–water partition coefficient (Wildman–Crippen LogP) is 1.47. The maximum absolute atomic E-state index is 5.83. The van der Waals surface area contributed by atoms with Crippen molar-refractivity contribution in [2.45, 2.75) is 24.8 Å². The third-order valence-corrected chi connectivity index (χ3v) is 3.11. The lowest BCUT2D eigenvalue weighted by atomic mass is 10.1. The van der Waals surface area contributed by atoms with Gasteiger partial charge in [-0.2, -0.15) is 0 Å². The molecule has 0 radical (unpaired) electrons. The number of nitrogens with one attached hydrogen (secondary N) is 1. The molecule has 0 bridgehead atoms. The fraction of sp³-hybridized carbons (Fsp3) is 0.455. The van der Waals surface area contributed by atoms with Crippen molar-refractivity contribution in [2.24, 2.45) is 5.73 Å². The lowest BCUT2D eigenvalue weighted by Gasteiger charge is -2.03. The van der Waals surface area contributed by atoms with Crippen molar-refractivity contribution >= 4 is 5.69 Å². The van der Waals surface area contributed by atoms with Crippen LogP contribution in [0.1, 0.15) is 23.5 Å². The summed E-state index contributed by atoms with van der Waals surface area (Å²) in [6, 6.07) is 7.16. The Bertz CT molecular complexity index is 346. The number of rotatable bonds is 1. The molecule has 68 valence electrons. The van der Waals surface area contributed by atoms with E-state index in [2.05, 4.69) is 23.5 Å². The number of anilines is 1. The Morgan fingerprint density at radius 3 is 3.00 bits per heavy atom. The topological polar surface area (TPSA) is 38.0 Å². The molecule has 1 aromatic rings. The molecule has 3 rings (SSSR count). The molecule has 1 aromatic carbocycles. The van der Waals surface area contributed by atoms with Gasteiger partial charge in [-0.05, 0) is 30.0 Å². The van der Waals surface area contributed by atoms with Crippen LogP contribution >= 0.6 is 0 Å². The highest BCUT2D eigenvalue weighted by Crippen LogP contribution is 2.40. The number of benzene rings is 1. The summed E-state index contributed by atoms with van der Waals surface area (Å²) in [7, 11) is 0. The summed E-state index contributed by atoms with van der Waals surface area (Å²) >= 11 is 0. The molecule has 2 nitrogen and oxygen atoms in total. The van der Waals surface area contributed by atoms with Crippen molar-refractivity contribution in [3.8, 4) is 0 Å². The zero-order valence-corrected chi connectivity index (χ0v) is 7.59. The van der Waals surface area contributed by atoms with E-state index < -0.39 is 0 Å². The summed E-state index contributed by atoms with van der Waals surface area (Å²) in [5.41, 5.74) is 10.1. The molecular weight excluding hydrogens is 160 g/mol. The first kappa shape index (κ1) is 7.39. The molecule has 2 aliphatic rings. The normalized spacial score (nSPS) is 29.6. The largest absolute Gasteiger partial charge is 0.384 e. The van der Waals surface area contributed by atoms with Gasteiger partial charge in [-0.25, -0.2) is 0 Å². The lowest BCUT2D eigenvalue weighted by molar-refractivity contribution is 0.986. The van der Waals surface area contributed by atoms with E-state index in [9.17, 15) is 0 Å². The second kappa shape index (κ2) is 2.48. The van der Waals surface area contributed by atoms with Crippen LogP contribution < -0.4 is 11.1 Å². The third-order valence-electron chi connectivity index (χ3n) is 3.11. The second-order valence-corrected chi connectivity index (χ2v) is 4.10. The van der Waals surface area contributed by atoms with Gasteiger partial charge in [0.15, 0.2) is 0 Å². The first-order valence-corrected chi connectivity index (χ1v) is 4.97. The molecule has 0 unspecified atom stereocenters. The van der Waals surface area contributed by atoms with Crippen LogP contribution in [0.25, 0.3) is 0 Å². The van der Waals surface area contributed by atoms with Gasteiger partial charge in [0.25, 0.3) is 0 Å². The Labute approximate surface area is 78.1 Å². The number of hydrogen-bond donors (Lipinski definition) is 2. The van der Waals surface area contributed by atoms with Crippen LogP contribution in [0.4, 0.5) is 5.69 Å². The van der Waals surface area contributed by atoms with Crippen molar-refractivity contribution in [2.75, 3.05) is 11.9 Å². The molecule has 13 heavy (non-hydrogen) atoms. The highest BCUT2D eigenvalue weighted by atomic mass is 14.9. The van der Waals surface area contributed by atoms with E-state index in [-0.39, 0.29) is 0 Å². The molecule has 2 heteroatoms. The first-order valence-electron chi connectivity index (χ1n) is 4.97. The summed E-state index contributed by atoms with van der Waals surface area (Å²) in [6.07, 6.45) is 2.34. The van der Waals surface area contributed by atoms with E-state index in [1.54, 1.807) is 0 Å². The molecule has 1 fully saturated rings. The highest BCUT2D eigenvalue weighted by molar-refractivity contribution is 5.57. The van der Waals surface area contributed by atoms with E-state index in [1.807, 2.05) is 0 Å². The standard InChI is InChI=1S/C11H14N2/c12-10-6-9(10)7-1-2-11-8(5-7)3-4-13-11/h1-2,5,9-10,13H,3-4,6,12H2/t9-,10+/m0/s1. The van der Waals surface area contributed by atoms with Gasteiger partial charge >= 0.3 is 0 Å². The first-order chi connectivity index (χ1) is 6.34. The Hall–Kier alpha value is -1.02. The van der Waals surface area contributed by atoms with Gasteiger partial charge in [0, 0.05) is 24.2 Å². The van der Waals surface area contributed by atoms with Crippen LogP contribution in [0.2, 0.25) is 0 Å². The summed E-state index contributed by atoms with van der Waals surface area (Å²) in [4.78, 5) is 0. The van der Waals surface area contributed by atoms with Gasteiger partial charge < -0.3 is 11.1 Å². The van der Waals surface area contributed by atoms with E-state index in [0.717, 1.165) is 6.54 Å². The molecule has 1 aliphatic heterocycles. The van der Waals surface area contributed by atoms with Gasteiger partial charge in [-0.1, -0.05) is 12.1 Å². The summed E-state index contributed by atoms with van der Waals surface area (Å²) in [6.45, 7) is 1.09. The molecule has 3 N–H and O–H groups in total. The molecule has 0 spiro atoms. The van der Waals surface area contributed by atoms with Crippen molar-refractivity contribution < 1.29 is 0 Å². The van der Waals surface area contributed by atoms with E-state index in [0.29, 0.717) is 12.0 Å². The molecular formula is C11H14N2. The second-order valence-electron chi connectivity index (χ2n) is 4.10. The fourth-order valence-corrected chi connectivity index (χ4v) is 2.15. The lowest BCUT2D eigenvalue weighted by Crippen LogP contribution is -2.01. The minimum Gasteiger partial charge on any atom is -0.384 e. The van der Waals surface area contributed by atoms with Gasteiger partial charge in [0.05, 0.1) is 0 Å². The minimum atomic E-state index is 0.424. The summed E-state index contributed by atoms with van der Waals surface area (Å²) < 4.78 is 0. The highest BCUT2D eigenvalue weighted by Gasteiger charge is 2.35. The Balaban J connectivity index is 1.96. The average molecular weight is 174 g/mol. The van der Waals surface area contributed by atoms with Crippen molar-refractivity contribution in [3.63, 3.8) is 0 Å². The van der Waals surface area contributed by atoms with Crippen molar-refractivity contribution in [3.05, 3.63) is 29.3 Å². The Morgan fingerprint density at radius 1 is 1.38 bits per heavy atom. The fourth-order valence-electron chi connectivity index (χ4n) is 2.15. The third kappa shape index (κ3) is 1.13. The van der Waals surface area contributed by atoms with E-state index >= 15 is 0 Å². The zero-order chi connectivity index (χ0) is 8.84. The van der Waals surface area contributed by atoms with E-state index in [4.69, 9.17) is 5.73 Å². The van der Waals surface area contributed by atoms with Crippen molar-refractivity contribution in [1.82, 2.24) is 0 Å². The van der Waals surface area contributed by atoms with Gasteiger partial charge in [0.1, 0.15) is 0 Å². The number of fused-ring (bicyclic) bond motifs is 1. The molecule has 0 saturated heterocycles. The van der Waals surface area contributed by atoms with Crippen molar-refractivity contribution in [1.29, 1.82) is 0 Å². The summed E-state index contributed by atoms with van der Waals surface area (Å²) in [5, 5.41) is 3.37. The molecule has 0 amide bonds. The molecule has 1 heterocycles. The van der Waals surface area contributed by atoms with Crippen LogP contribution in [0.3, 0.4) is 0 Å². The quantitative estimate of drug-likeness (QED) is 0.676. The monoisotopic (exact) mass is 174 g/mol. The number of nitrogens with two attached hydrogens (primary N) is 1. The molecule has 1 aliphatic carbocycles. The molecule has 2 atom stereocenters. The van der Waals surface area contributed by atoms with E-state index in [1.165, 1.54) is 29.7 Å². The maximum Gasteiger partial charge on any atom is 0.0373 e.